The van der Waals surface area contributed by atoms with E-state index in [-0.39, 0.29) is 31.7 Å². The first-order valence-corrected chi connectivity index (χ1v) is 20.1. The molecule has 1 spiro atoms. The Hall–Kier alpha value is -5.28. The van der Waals surface area contributed by atoms with Gasteiger partial charge in [0.15, 0.2) is 0 Å². The van der Waals surface area contributed by atoms with Crippen molar-refractivity contribution in [3.63, 3.8) is 0 Å². The van der Waals surface area contributed by atoms with Crippen LogP contribution in [0.15, 0.2) is 121 Å². The first kappa shape index (κ1) is 39.9. The SMILES string of the molecule is C[C@@H]1CCC2[C@](C)(COC(=O)c3ccccc3)[C@@H](OC(=O)c3ccccc3)CC[C@]2(C)[C@]12CCC(CCOC(=O)c1ccccc1)(COC(=O)c1ccccc1)O2. The summed E-state index contributed by atoms with van der Waals surface area (Å²) in [6, 6.07) is 35.6. The van der Waals surface area contributed by atoms with E-state index in [0.717, 1.165) is 12.8 Å². The summed E-state index contributed by atoms with van der Waals surface area (Å²) >= 11 is 0. The molecule has 1 saturated heterocycles. The Kier molecular flexibility index (Phi) is 11.7. The Labute approximate surface area is 335 Å². The number of fused-ring (bicyclic) bond motifs is 2. The molecule has 4 aromatic rings. The van der Waals surface area contributed by atoms with Crippen molar-refractivity contribution >= 4 is 23.9 Å². The van der Waals surface area contributed by atoms with Gasteiger partial charge in [0.2, 0.25) is 0 Å². The molecule has 2 saturated carbocycles. The fourth-order valence-electron chi connectivity index (χ4n) is 10.1. The Morgan fingerprint density at radius 3 is 1.58 bits per heavy atom. The van der Waals surface area contributed by atoms with E-state index in [9.17, 15) is 19.2 Å². The normalized spacial score (nSPS) is 29.1. The average molecular weight is 773 g/mol. The molecule has 2 aliphatic carbocycles. The minimum atomic E-state index is -0.937. The highest BCUT2D eigenvalue weighted by atomic mass is 16.6. The number of carbonyl (C=O) groups excluding carboxylic acids is 4. The third-order valence-electron chi connectivity index (χ3n) is 13.3. The minimum Gasteiger partial charge on any atom is -0.462 e. The molecule has 4 aromatic carbocycles. The summed E-state index contributed by atoms with van der Waals surface area (Å²) < 4.78 is 31.9. The lowest BCUT2D eigenvalue weighted by Gasteiger charge is -2.65. The predicted octanol–water partition coefficient (Wildman–Crippen LogP) is 9.31. The van der Waals surface area contributed by atoms with Gasteiger partial charge in [0, 0.05) is 17.3 Å². The molecule has 7 atom stereocenters. The van der Waals surface area contributed by atoms with Crippen LogP contribution in [0, 0.1) is 22.7 Å². The largest absolute Gasteiger partial charge is 0.462 e. The van der Waals surface area contributed by atoms with Gasteiger partial charge in [-0.3, -0.25) is 0 Å². The van der Waals surface area contributed by atoms with Crippen LogP contribution >= 0.6 is 0 Å². The van der Waals surface area contributed by atoms with Gasteiger partial charge in [0.1, 0.15) is 24.9 Å². The second-order valence-electron chi connectivity index (χ2n) is 16.6. The Morgan fingerprint density at radius 1 is 0.579 bits per heavy atom. The smallest absolute Gasteiger partial charge is 0.338 e. The molecule has 0 aromatic heterocycles. The number of carbonyl (C=O) groups is 4. The fraction of sp³-hybridized carbons (Fsp3) is 0.417. The molecular formula is C48H52O9. The number of hydrogen-bond donors (Lipinski definition) is 0. The molecule has 298 valence electrons. The van der Waals surface area contributed by atoms with Gasteiger partial charge in [-0.05, 0) is 98.9 Å². The quantitative estimate of drug-likeness (QED) is 0.103. The van der Waals surface area contributed by atoms with E-state index >= 15 is 0 Å². The number of benzene rings is 4. The minimum absolute atomic E-state index is 0.0118. The molecular weight excluding hydrogens is 721 g/mol. The molecule has 0 bridgehead atoms. The van der Waals surface area contributed by atoms with Crippen molar-refractivity contribution in [1.82, 2.24) is 0 Å². The second-order valence-corrected chi connectivity index (χ2v) is 16.6. The summed E-state index contributed by atoms with van der Waals surface area (Å²) in [5.41, 5.74) is -1.02. The van der Waals surface area contributed by atoms with E-state index in [2.05, 4.69) is 20.8 Å². The maximum Gasteiger partial charge on any atom is 0.338 e. The lowest BCUT2D eigenvalue weighted by molar-refractivity contribution is -0.271. The molecule has 0 radical (unpaired) electrons. The average Bonchev–Trinajstić information content (AvgIpc) is 3.64. The van der Waals surface area contributed by atoms with Crippen molar-refractivity contribution in [3.05, 3.63) is 144 Å². The Bertz CT molecular complexity index is 2020. The number of ether oxygens (including phenoxy) is 5. The van der Waals surface area contributed by atoms with Crippen LogP contribution in [0.2, 0.25) is 0 Å². The van der Waals surface area contributed by atoms with Gasteiger partial charge in [-0.25, -0.2) is 19.2 Å². The van der Waals surface area contributed by atoms with Gasteiger partial charge in [-0.1, -0.05) is 93.6 Å². The van der Waals surface area contributed by atoms with Crippen molar-refractivity contribution in [3.8, 4) is 0 Å². The van der Waals surface area contributed by atoms with E-state index < -0.39 is 52.0 Å². The lowest BCUT2D eigenvalue weighted by atomic mass is 9.43. The molecule has 7 rings (SSSR count). The van der Waals surface area contributed by atoms with Crippen LogP contribution in [0.3, 0.4) is 0 Å². The monoisotopic (exact) mass is 772 g/mol. The highest BCUT2D eigenvalue weighted by Gasteiger charge is 2.70. The summed E-state index contributed by atoms with van der Waals surface area (Å²) in [6.45, 7) is 6.72. The first-order valence-electron chi connectivity index (χ1n) is 20.1. The molecule has 1 heterocycles. The number of esters is 4. The summed E-state index contributed by atoms with van der Waals surface area (Å²) in [4.78, 5) is 53.4. The van der Waals surface area contributed by atoms with Crippen LogP contribution in [0.4, 0.5) is 0 Å². The standard InChI is InChI=1S/C48H52O9/c1-34-24-25-39-45(2,32-54-42(50)36-18-10-5-11-19-36)40(56-44(52)38-22-14-7-15-23-38)26-27-46(39,3)48(34)29-28-47(57-48,33-55-43(51)37-20-12-6-13-21-37)30-31-53-41(49)35-16-8-4-9-17-35/h4-23,34,39-40H,24-33H2,1-3H3/t34-,39?,40+,45+,46+,47?,48+/m1/s1. The van der Waals surface area contributed by atoms with Gasteiger partial charge in [0.05, 0.1) is 34.5 Å². The topological polar surface area (TPSA) is 114 Å². The summed E-state index contributed by atoms with van der Waals surface area (Å²) in [5, 5.41) is 0. The van der Waals surface area contributed by atoms with Crippen LogP contribution in [-0.4, -0.2) is 61.0 Å². The van der Waals surface area contributed by atoms with Gasteiger partial charge in [-0.2, -0.15) is 0 Å². The molecule has 9 heteroatoms. The van der Waals surface area contributed by atoms with Crippen molar-refractivity contribution in [2.24, 2.45) is 22.7 Å². The Balaban J connectivity index is 1.18. The molecule has 57 heavy (non-hydrogen) atoms. The number of rotatable bonds is 12. The zero-order valence-electron chi connectivity index (χ0n) is 33.0. The summed E-state index contributed by atoms with van der Waals surface area (Å²) in [5.74, 6) is -1.68. The molecule has 0 amide bonds. The highest BCUT2D eigenvalue weighted by Crippen LogP contribution is 2.68. The Morgan fingerprint density at radius 2 is 1.05 bits per heavy atom. The fourth-order valence-corrected chi connectivity index (χ4v) is 10.1. The van der Waals surface area contributed by atoms with E-state index in [1.807, 2.05) is 36.4 Å². The third-order valence-corrected chi connectivity index (χ3v) is 13.3. The molecule has 9 nitrogen and oxygen atoms in total. The van der Waals surface area contributed by atoms with Crippen molar-refractivity contribution in [2.45, 2.75) is 83.0 Å². The van der Waals surface area contributed by atoms with Crippen molar-refractivity contribution in [2.75, 3.05) is 19.8 Å². The second kappa shape index (κ2) is 16.7. The van der Waals surface area contributed by atoms with E-state index in [1.54, 1.807) is 84.9 Å². The van der Waals surface area contributed by atoms with E-state index in [4.69, 9.17) is 23.7 Å². The first-order chi connectivity index (χ1) is 27.5. The molecule has 3 aliphatic rings. The van der Waals surface area contributed by atoms with E-state index in [0.29, 0.717) is 54.4 Å². The van der Waals surface area contributed by atoms with Gasteiger partial charge in [-0.15, -0.1) is 0 Å². The van der Waals surface area contributed by atoms with Gasteiger partial charge in [0.25, 0.3) is 0 Å². The van der Waals surface area contributed by atoms with Crippen LogP contribution in [0.25, 0.3) is 0 Å². The van der Waals surface area contributed by atoms with Gasteiger partial charge >= 0.3 is 23.9 Å². The van der Waals surface area contributed by atoms with E-state index in [1.165, 1.54) is 0 Å². The van der Waals surface area contributed by atoms with Crippen LogP contribution < -0.4 is 0 Å². The van der Waals surface area contributed by atoms with Gasteiger partial charge < -0.3 is 23.7 Å². The predicted molar refractivity (Wildman–Crippen MR) is 214 cm³/mol. The lowest BCUT2D eigenvalue weighted by Crippen LogP contribution is -2.67. The van der Waals surface area contributed by atoms with Crippen molar-refractivity contribution < 1.29 is 42.9 Å². The molecule has 2 unspecified atom stereocenters. The maximum atomic E-state index is 13.6. The summed E-state index contributed by atoms with van der Waals surface area (Å²) in [7, 11) is 0. The maximum absolute atomic E-state index is 13.6. The van der Waals surface area contributed by atoms with Crippen LogP contribution in [0.1, 0.15) is 107 Å². The number of hydrogen-bond acceptors (Lipinski definition) is 9. The molecule has 3 fully saturated rings. The third kappa shape index (κ3) is 7.99. The summed E-state index contributed by atoms with van der Waals surface area (Å²) in [6.07, 6.45) is 3.92. The zero-order valence-corrected chi connectivity index (χ0v) is 33.0. The van der Waals surface area contributed by atoms with Crippen LogP contribution in [-0.2, 0) is 23.7 Å². The van der Waals surface area contributed by atoms with Crippen LogP contribution in [0.5, 0.6) is 0 Å². The molecule has 0 N–H and O–H groups in total. The zero-order chi connectivity index (χ0) is 40.1. The highest BCUT2D eigenvalue weighted by molar-refractivity contribution is 5.91. The van der Waals surface area contributed by atoms with Crippen molar-refractivity contribution in [1.29, 1.82) is 0 Å². The molecule has 1 aliphatic heterocycles.